The summed E-state index contributed by atoms with van der Waals surface area (Å²) in [5, 5.41) is 0. The molecule has 0 fully saturated rings. The van der Waals surface area contributed by atoms with E-state index in [9.17, 15) is 18.0 Å². The second-order valence-corrected chi connectivity index (χ2v) is 2.47. The number of H-pyrrole nitrogens is 1. The van der Waals surface area contributed by atoms with Crippen molar-refractivity contribution in [2.24, 2.45) is 5.73 Å². The molecule has 1 rings (SSSR count). The number of nitrogens with two attached hydrogens (primary N) is 1. The smallest absolute Gasteiger partial charge is 0.326 e. The van der Waals surface area contributed by atoms with Crippen molar-refractivity contribution in [3.63, 3.8) is 0 Å². The molecule has 1 heterocycles. The standard InChI is InChI=1S/C7H7F3N2O/c8-7(9,10)5-1-4(3-11)2-6(13)12-5/h1-2H,3,11H2,(H,12,13). The Morgan fingerprint density at radius 1 is 1.38 bits per heavy atom. The number of aromatic amines is 1. The number of alkyl halides is 3. The molecule has 0 spiro atoms. The number of halogens is 3. The van der Waals surface area contributed by atoms with Gasteiger partial charge in [0.2, 0.25) is 5.56 Å². The fourth-order valence-electron chi connectivity index (χ4n) is 0.871. The van der Waals surface area contributed by atoms with Crippen molar-refractivity contribution in [2.45, 2.75) is 12.7 Å². The summed E-state index contributed by atoms with van der Waals surface area (Å²) in [5.74, 6) is 0. The van der Waals surface area contributed by atoms with Gasteiger partial charge in [0, 0.05) is 12.6 Å². The maximum Gasteiger partial charge on any atom is 0.431 e. The normalized spacial score (nSPS) is 11.7. The van der Waals surface area contributed by atoms with Gasteiger partial charge >= 0.3 is 6.18 Å². The van der Waals surface area contributed by atoms with Crippen LogP contribution in [0.1, 0.15) is 11.3 Å². The Hall–Kier alpha value is -1.30. The molecule has 3 nitrogen and oxygen atoms in total. The number of hydrogen-bond donors (Lipinski definition) is 2. The fraction of sp³-hybridized carbons (Fsp3) is 0.286. The lowest BCUT2D eigenvalue weighted by Gasteiger charge is -2.06. The van der Waals surface area contributed by atoms with Crippen molar-refractivity contribution in [3.05, 3.63) is 33.7 Å². The molecular weight excluding hydrogens is 185 g/mol. The van der Waals surface area contributed by atoms with Gasteiger partial charge in [0.1, 0.15) is 5.69 Å². The van der Waals surface area contributed by atoms with Gasteiger partial charge in [-0.3, -0.25) is 4.79 Å². The lowest BCUT2D eigenvalue weighted by atomic mass is 10.2. The van der Waals surface area contributed by atoms with E-state index in [0.717, 1.165) is 12.1 Å². The molecule has 13 heavy (non-hydrogen) atoms. The summed E-state index contributed by atoms with van der Waals surface area (Å²) < 4.78 is 36.2. The SMILES string of the molecule is NCc1cc(C(F)(F)F)[nH]c(=O)c1. The monoisotopic (exact) mass is 192 g/mol. The number of aromatic nitrogens is 1. The molecule has 0 aliphatic rings. The molecule has 0 radical (unpaired) electrons. The molecule has 0 saturated heterocycles. The summed E-state index contributed by atoms with van der Waals surface area (Å²) in [6, 6.07) is 1.86. The van der Waals surface area contributed by atoms with Gasteiger partial charge in [-0.25, -0.2) is 0 Å². The average molecular weight is 192 g/mol. The molecule has 0 aliphatic heterocycles. The van der Waals surface area contributed by atoms with E-state index in [-0.39, 0.29) is 12.1 Å². The van der Waals surface area contributed by atoms with E-state index in [1.807, 2.05) is 0 Å². The Morgan fingerprint density at radius 3 is 2.46 bits per heavy atom. The van der Waals surface area contributed by atoms with Gasteiger partial charge in [0.05, 0.1) is 0 Å². The zero-order chi connectivity index (χ0) is 10.1. The first-order chi connectivity index (χ1) is 5.93. The second kappa shape index (κ2) is 3.21. The van der Waals surface area contributed by atoms with Crippen LogP contribution in [0.15, 0.2) is 16.9 Å². The van der Waals surface area contributed by atoms with E-state index in [0.29, 0.717) is 0 Å². The molecule has 72 valence electrons. The van der Waals surface area contributed by atoms with E-state index >= 15 is 0 Å². The predicted octanol–water partition coefficient (Wildman–Crippen LogP) is 0.852. The Bertz CT molecular complexity index is 355. The third kappa shape index (κ3) is 2.32. The topological polar surface area (TPSA) is 58.9 Å². The minimum atomic E-state index is -4.54. The van der Waals surface area contributed by atoms with Crippen LogP contribution in [-0.2, 0) is 12.7 Å². The van der Waals surface area contributed by atoms with Gasteiger partial charge in [-0.05, 0) is 11.6 Å². The number of rotatable bonds is 1. The van der Waals surface area contributed by atoms with Gasteiger partial charge in [-0.1, -0.05) is 0 Å². The third-order valence-corrected chi connectivity index (χ3v) is 1.45. The maximum atomic E-state index is 12.1. The predicted molar refractivity (Wildman–Crippen MR) is 40.0 cm³/mol. The van der Waals surface area contributed by atoms with Crippen molar-refractivity contribution in [1.29, 1.82) is 0 Å². The fourth-order valence-corrected chi connectivity index (χ4v) is 0.871. The van der Waals surface area contributed by atoms with Crippen LogP contribution < -0.4 is 11.3 Å². The van der Waals surface area contributed by atoms with Crippen LogP contribution in [-0.4, -0.2) is 4.98 Å². The van der Waals surface area contributed by atoms with E-state index in [1.54, 1.807) is 4.98 Å². The minimum absolute atomic E-state index is 0.0903. The van der Waals surface area contributed by atoms with Crippen molar-refractivity contribution < 1.29 is 13.2 Å². The summed E-state index contributed by atoms with van der Waals surface area (Å²) in [5.41, 5.74) is 3.41. The highest BCUT2D eigenvalue weighted by Gasteiger charge is 2.31. The first-order valence-electron chi connectivity index (χ1n) is 3.44. The van der Waals surface area contributed by atoms with Crippen LogP contribution in [0, 0.1) is 0 Å². The highest BCUT2D eigenvalue weighted by molar-refractivity contribution is 5.18. The second-order valence-electron chi connectivity index (χ2n) is 2.47. The first kappa shape index (κ1) is 9.79. The lowest BCUT2D eigenvalue weighted by Crippen LogP contribution is -2.17. The average Bonchev–Trinajstić information content (AvgIpc) is 2.01. The van der Waals surface area contributed by atoms with Gasteiger partial charge in [-0.15, -0.1) is 0 Å². The summed E-state index contributed by atoms with van der Waals surface area (Å²) in [7, 11) is 0. The van der Waals surface area contributed by atoms with Gasteiger partial charge in [0.15, 0.2) is 0 Å². The third-order valence-electron chi connectivity index (χ3n) is 1.45. The van der Waals surface area contributed by atoms with E-state index in [4.69, 9.17) is 5.73 Å². The summed E-state index contributed by atoms with van der Waals surface area (Å²) in [6.45, 7) is -0.0903. The summed E-state index contributed by atoms with van der Waals surface area (Å²) >= 11 is 0. The first-order valence-corrected chi connectivity index (χ1v) is 3.44. The van der Waals surface area contributed by atoms with Crippen LogP contribution in [0.5, 0.6) is 0 Å². The quantitative estimate of drug-likeness (QED) is 0.693. The zero-order valence-corrected chi connectivity index (χ0v) is 6.48. The van der Waals surface area contributed by atoms with Crippen molar-refractivity contribution in [2.75, 3.05) is 0 Å². The molecule has 1 aromatic heterocycles. The Morgan fingerprint density at radius 2 is 2.00 bits per heavy atom. The molecule has 0 unspecified atom stereocenters. The van der Waals surface area contributed by atoms with Crippen molar-refractivity contribution in [1.82, 2.24) is 4.98 Å². The Balaban J connectivity index is 3.24. The summed E-state index contributed by atoms with van der Waals surface area (Å²) in [6.07, 6.45) is -4.54. The molecule has 0 aliphatic carbocycles. The molecule has 6 heteroatoms. The molecule has 0 amide bonds. The molecule has 0 atom stereocenters. The van der Waals surface area contributed by atoms with Crippen LogP contribution in [0.4, 0.5) is 13.2 Å². The Labute approximate surface area is 71.4 Å². The van der Waals surface area contributed by atoms with Gasteiger partial charge < -0.3 is 10.7 Å². The van der Waals surface area contributed by atoms with Crippen LogP contribution in [0.25, 0.3) is 0 Å². The number of hydrogen-bond acceptors (Lipinski definition) is 2. The molecule has 3 N–H and O–H groups in total. The molecule has 0 bridgehead atoms. The molecule has 0 saturated carbocycles. The van der Waals surface area contributed by atoms with Crippen LogP contribution in [0.2, 0.25) is 0 Å². The molecular formula is C7H7F3N2O. The maximum absolute atomic E-state index is 12.1. The van der Waals surface area contributed by atoms with Crippen molar-refractivity contribution >= 4 is 0 Å². The van der Waals surface area contributed by atoms with Gasteiger partial charge in [0.25, 0.3) is 0 Å². The minimum Gasteiger partial charge on any atom is -0.326 e. The van der Waals surface area contributed by atoms with Gasteiger partial charge in [-0.2, -0.15) is 13.2 Å². The van der Waals surface area contributed by atoms with Crippen molar-refractivity contribution in [3.8, 4) is 0 Å². The summed E-state index contributed by atoms with van der Waals surface area (Å²) in [4.78, 5) is 12.4. The number of nitrogens with one attached hydrogen (secondary N) is 1. The molecule has 1 aromatic rings. The largest absolute Gasteiger partial charge is 0.431 e. The highest BCUT2D eigenvalue weighted by Crippen LogP contribution is 2.26. The van der Waals surface area contributed by atoms with E-state index < -0.39 is 17.4 Å². The number of pyridine rings is 1. The van der Waals surface area contributed by atoms with Crippen LogP contribution >= 0.6 is 0 Å². The zero-order valence-electron chi connectivity index (χ0n) is 6.48. The molecule has 0 aromatic carbocycles. The lowest BCUT2D eigenvalue weighted by molar-refractivity contribution is -0.141. The van der Waals surface area contributed by atoms with E-state index in [1.165, 1.54) is 0 Å². The van der Waals surface area contributed by atoms with E-state index in [2.05, 4.69) is 0 Å². The Kier molecular flexibility index (Phi) is 2.42. The highest BCUT2D eigenvalue weighted by atomic mass is 19.4. The van der Waals surface area contributed by atoms with Crippen LogP contribution in [0.3, 0.4) is 0 Å².